The van der Waals surface area contributed by atoms with E-state index < -0.39 is 17.3 Å². The van der Waals surface area contributed by atoms with Crippen molar-refractivity contribution in [2.75, 3.05) is 7.11 Å². The second kappa shape index (κ2) is 4.29. The highest BCUT2D eigenvalue weighted by atomic mass is 79.9. The SMILES string of the molecule is COC(=O)c1cc2c(F)ccc(Br)c2c(=O)[nH]1. The molecule has 2 aromatic rings. The van der Waals surface area contributed by atoms with Gasteiger partial charge < -0.3 is 9.72 Å². The van der Waals surface area contributed by atoms with Gasteiger partial charge in [-0.15, -0.1) is 0 Å². The summed E-state index contributed by atoms with van der Waals surface area (Å²) in [5.74, 6) is -1.29. The van der Waals surface area contributed by atoms with E-state index in [2.05, 4.69) is 25.7 Å². The Labute approximate surface area is 104 Å². The predicted molar refractivity (Wildman–Crippen MR) is 63.6 cm³/mol. The van der Waals surface area contributed by atoms with Gasteiger partial charge in [0.1, 0.15) is 11.5 Å². The summed E-state index contributed by atoms with van der Waals surface area (Å²) in [6.45, 7) is 0. The van der Waals surface area contributed by atoms with E-state index in [-0.39, 0.29) is 16.5 Å². The lowest BCUT2D eigenvalue weighted by Gasteiger charge is -2.04. The minimum atomic E-state index is -0.719. The number of H-pyrrole nitrogens is 1. The smallest absolute Gasteiger partial charge is 0.354 e. The molecule has 0 aliphatic heterocycles. The average Bonchev–Trinajstić information content (AvgIpc) is 2.32. The number of hydrogen-bond acceptors (Lipinski definition) is 3. The van der Waals surface area contributed by atoms with Crippen molar-refractivity contribution in [3.8, 4) is 0 Å². The van der Waals surface area contributed by atoms with Crippen molar-refractivity contribution in [1.29, 1.82) is 0 Å². The number of benzene rings is 1. The van der Waals surface area contributed by atoms with Gasteiger partial charge in [-0.2, -0.15) is 0 Å². The fourth-order valence-electron chi connectivity index (χ4n) is 1.52. The number of methoxy groups -OCH3 is 1. The lowest BCUT2D eigenvalue weighted by molar-refractivity contribution is 0.0594. The molecule has 17 heavy (non-hydrogen) atoms. The number of halogens is 2. The molecule has 0 aliphatic carbocycles. The zero-order chi connectivity index (χ0) is 12.6. The molecule has 1 aromatic heterocycles. The number of nitrogens with one attached hydrogen (secondary N) is 1. The molecule has 0 fully saturated rings. The van der Waals surface area contributed by atoms with Gasteiger partial charge in [-0.05, 0) is 34.1 Å². The molecular formula is C11H7BrFNO3. The zero-order valence-corrected chi connectivity index (χ0v) is 10.3. The third-order valence-electron chi connectivity index (χ3n) is 2.31. The lowest BCUT2D eigenvalue weighted by Crippen LogP contribution is -2.15. The molecule has 1 N–H and O–H groups in total. The Morgan fingerprint density at radius 1 is 1.47 bits per heavy atom. The number of fused-ring (bicyclic) bond motifs is 1. The summed E-state index contributed by atoms with van der Waals surface area (Å²) >= 11 is 3.16. The lowest BCUT2D eigenvalue weighted by atomic mass is 10.1. The largest absolute Gasteiger partial charge is 0.464 e. The van der Waals surface area contributed by atoms with Crippen LogP contribution < -0.4 is 5.56 Å². The second-order valence-electron chi connectivity index (χ2n) is 3.32. The van der Waals surface area contributed by atoms with Crippen LogP contribution in [0.4, 0.5) is 4.39 Å². The molecule has 1 heterocycles. The molecule has 0 aliphatic rings. The number of pyridine rings is 1. The molecule has 4 nitrogen and oxygen atoms in total. The highest BCUT2D eigenvalue weighted by molar-refractivity contribution is 9.10. The van der Waals surface area contributed by atoms with E-state index in [1.54, 1.807) is 0 Å². The summed E-state index contributed by atoms with van der Waals surface area (Å²) in [7, 11) is 1.18. The quantitative estimate of drug-likeness (QED) is 0.822. The monoisotopic (exact) mass is 299 g/mol. The van der Waals surface area contributed by atoms with Crippen molar-refractivity contribution < 1.29 is 13.9 Å². The average molecular weight is 300 g/mol. The minimum absolute atomic E-state index is 0.0727. The Bertz CT molecular complexity index is 666. The summed E-state index contributed by atoms with van der Waals surface area (Å²) in [6.07, 6.45) is 0. The number of hydrogen-bond donors (Lipinski definition) is 1. The number of esters is 1. The van der Waals surface area contributed by atoms with Gasteiger partial charge in [0.05, 0.1) is 12.5 Å². The summed E-state index contributed by atoms with van der Waals surface area (Å²) in [6, 6.07) is 3.90. The number of aromatic amines is 1. The van der Waals surface area contributed by atoms with E-state index in [0.29, 0.717) is 4.47 Å². The van der Waals surface area contributed by atoms with E-state index in [0.717, 1.165) is 0 Å². The van der Waals surface area contributed by atoms with E-state index in [1.807, 2.05) is 0 Å². The fourth-order valence-corrected chi connectivity index (χ4v) is 2.05. The Kier molecular flexibility index (Phi) is 2.97. The van der Waals surface area contributed by atoms with Crippen LogP contribution in [0.2, 0.25) is 0 Å². The van der Waals surface area contributed by atoms with Gasteiger partial charge >= 0.3 is 5.97 Å². The molecule has 0 unspecified atom stereocenters. The third-order valence-corrected chi connectivity index (χ3v) is 2.97. The molecule has 0 radical (unpaired) electrons. The molecule has 0 saturated carbocycles. The van der Waals surface area contributed by atoms with Crippen LogP contribution in [0.5, 0.6) is 0 Å². The van der Waals surface area contributed by atoms with E-state index in [9.17, 15) is 14.0 Å². The van der Waals surface area contributed by atoms with Gasteiger partial charge in [0.2, 0.25) is 0 Å². The maximum atomic E-state index is 13.6. The highest BCUT2D eigenvalue weighted by Crippen LogP contribution is 2.23. The summed E-state index contributed by atoms with van der Waals surface area (Å²) in [5.41, 5.74) is -0.628. The highest BCUT2D eigenvalue weighted by Gasteiger charge is 2.13. The van der Waals surface area contributed by atoms with E-state index in [1.165, 1.54) is 25.3 Å². The molecule has 0 bridgehead atoms. The number of carbonyl (C=O) groups is 1. The minimum Gasteiger partial charge on any atom is -0.464 e. The normalized spacial score (nSPS) is 10.5. The molecule has 0 spiro atoms. The van der Waals surface area contributed by atoms with E-state index in [4.69, 9.17) is 0 Å². The Balaban J connectivity index is 2.87. The number of ether oxygens (including phenoxy) is 1. The molecule has 0 saturated heterocycles. The van der Waals surface area contributed by atoms with Crippen LogP contribution in [0, 0.1) is 5.82 Å². The van der Waals surface area contributed by atoms with Gasteiger partial charge in [0.25, 0.3) is 5.56 Å². The predicted octanol–water partition coefficient (Wildman–Crippen LogP) is 2.22. The van der Waals surface area contributed by atoms with Gasteiger partial charge in [-0.25, -0.2) is 9.18 Å². The molecule has 6 heteroatoms. The maximum absolute atomic E-state index is 13.6. The van der Waals surface area contributed by atoms with Crippen molar-refractivity contribution in [3.05, 3.63) is 44.5 Å². The third kappa shape index (κ3) is 1.95. The van der Waals surface area contributed by atoms with E-state index >= 15 is 0 Å². The maximum Gasteiger partial charge on any atom is 0.354 e. The molecule has 0 atom stereocenters. The van der Waals surface area contributed by atoms with Crippen molar-refractivity contribution in [3.63, 3.8) is 0 Å². The summed E-state index contributed by atoms with van der Waals surface area (Å²) < 4.78 is 18.5. The molecule has 88 valence electrons. The second-order valence-corrected chi connectivity index (χ2v) is 4.18. The first-order chi connectivity index (χ1) is 8.04. The number of carbonyl (C=O) groups excluding carboxylic acids is 1. The van der Waals surface area contributed by atoms with Crippen molar-refractivity contribution in [2.24, 2.45) is 0 Å². The molecular weight excluding hydrogens is 293 g/mol. The van der Waals surface area contributed by atoms with Gasteiger partial charge in [-0.3, -0.25) is 4.79 Å². The Hall–Kier alpha value is -1.69. The van der Waals surface area contributed by atoms with Gasteiger partial charge in [-0.1, -0.05) is 0 Å². The first-order valence-electron chi connectivity index (χ1n) is 4.64. The van der Waals surface area contributed by atoms with Crippen LogP contribution >= 0.6 is 15.9 Å². The van der Waals surface area contributed by atoms with Crippen LogP contribution in [0.15, 0.2) is 27.5 Å². The molecule has 1 aromatic carbocycles. The van der Waals surface area contributed by atoms with Crippen LogP contribution in [0.3, 0.4) is 0 Å². The standard InChI is InChI=1S/C11H7BrFNO3/c1-17-11(16)8-4-5-7(13)3-2-6(12)9(5)10(15)14-8/h2-4H,1H3,(H,14,15). The van der Waals surface area contributed by atoms with Crippen LogP contribution in [0.25, 0.3) is 10.8 Å². The van der Waals surface area contributed by atoms with Crippen LogP contribution in [0.1, 0.15) is 10.5 Å². The number of rotatable bonds is 1. The number of aromatic nitrogens is 1. The molecule has 0 amide bonds. The summed E-state index contributed by atoms with van der Waals surface area (Å²) in [4.78, 5) is 25.4. The zero-order valence-electron chi connectivity index (χ0n) is 8.71. The Morgan fingerprint density at radius 2 is 2.18 bits per heavy atom. The van der Waals surface area contributed by atoms with Gasteiger partial charge in [0, 0.05) is 9.86 Å². The van der Waals surface area contributed by atoms with Crippen molar-refractivity contribution in [1.82, 2.24) is 4.98 Å². The van der Waals surface area contributed by atoms with Crippen LogP contribution in [-0.4, -0.2) is 18.1 Å². The van der Waals surface area contributed by atoms with Gasteiger partial charge in [0.15, 0.2) is 0 Å². The first kappa shape index (κ1) is 11.8. The fraction of sp³-hybridized carbons (Fsp3) is 0.0909. The first-order valence-corrected chi connectivity index (χ1v) is 5.43. The molecule has 2 rings (SSSR count). The summed E-state index contributed by atoms with van der Waals surface area (Å²) in [5, 5.41) is 0.237. The topological polar surface area (TPSA) is 59.2 Å². The Morgan fingerprint density at radius 3 is 2.82 bits per heavy atom. The van der Waals surface area contributed by atoms with Crippen molar-refractivity contribution in [2.45, 2.75) is 0 Å². The van der Waals surface area contributed by atoms with Crippen LogP contribution in [-0.2, 0) is 4.74 Å². The van der Waals surface area contributed by atoms with Crippen molar-refractivity contribution >= 4 is 32.7 Å².